The van der Waals surface area contributed by atoms with Gasteiger partial charge in [0.15, 0.2) is 0 Å². The molecule has 0 bridgehead atoms. The van der Waals surface area contributed by atoms with Crippen molar-refractivity contribution < 1.29 is 4.79 Å². The molecule has 0 heterocycles. The van der Waals surface area contributed by atoms with E-state index in [9.17, 15) is 4.79 Å². The monoisotopic (exact) mass is 264 g/mol. The number of fused-ring (bicyclic) bond motifs is 1. The van der Waals surface area contributed by atoms with Gasteiger partial charge in [-0.25, -0.2) is 0 Å². The lowest BCUT2D eigenvalue weighted by atomic mass is 9.46. The van der Waals surface area contributed by atoms with Crippen LogP contribution in [0.15, 0.2) is 0 Å². The zero-order valence-electron chi connectivity index (χ0n) is 13.6. The minimum atomic E-state index is 0.369. The predicted molar refractivity (Wildman–Crippen MR) is 81.0 cm³/mol. The molecule has 1 heteroatoms. The molecule has 0 radical (unpaired) electrons. The maximum absolute atomic E-state index is 11.4. The quantitative estimate of drug-likeness (QED) is 0.681. The van der Waals surface area contributed by atoms with Gasteiger partial charge in [0.1, 0.15) is 5.78 Å². The Bertz CT molecular complexity index is 344. The van der Waals surface area contributed by atoms with Crippen LogP contribution in [0.5, 0.6) is 0 Å². The van der Waals surface area contributed by atoms with Crippen LogP contribution in [0, 0.1) is 28.6 Å². The Morgan fingerprint density at radius 1 is 1.16 bits per heavy atom. The largest absolute Gasteiger partial charge is 0.300 e. The van der Waals surface area contributed by atoms with Gasteiger partial charge in [-0.15, -0.1) is 0 Å². The number of rotatable bonds is 3. The van der Waals surface area contributed by atoms with Gasteiger partial charge in [0.05, 0.1) is 0 Å². The zero-order valence-corrected chi connectivity index (χ0v) is 13.6. The molecule has 2 aliphatic carbocycles. The smallest absolute Gasteiger partial charge is 0.129 e. The second-order valence-electron chi connectivity index (χ2n) is 8.30. The predicted octanol–water partition coefficient (Wildman–Crippen LogP) is 5.23. The molecule has 110 valence electrons. The summed E-state index contributed by atoms with van der Waals surface area (Å²) in [7, 11) is 0. The first-order valence-electron chi connectivity index (χ1n) is 8.27. The molecule has 0 aromatic heterocycles. The van der Waals surface area contributed by atoms with Gasteiger partial charge in [0, 0.05) is 6.42 Å². The Morgan fingerprint density at radius 2 is 1.84 bits per heavy atom. The Balaban J connectivity index is 2.22. The van der Waals surface area contributed by atoms with E-state index >= 15 is 0 Å². The number of carbonyl (C=O) groups is 1. The lowest BCUT2D eigenvalue weighted by molar-refractivity contribution is -0.120. The molecular formula is C18H32O. The third kappa shape index (κ3) is 2.76. The molecule has 2 saturated carbocycles. The second-order valence-corrected chi connectivity index (χ2v) is 8.30. The summed E-state index contributed by atoms with van der Waals surface area (Å²) < 4.78 is 0. The van der Waals surface area contributed by atoms with Crippen molar-refractivity contribution in [2.75, 3.05) is 0 Å². The van der Waals surface area contributed by atoms with Crippen molar-refractivity contribution in [3.8, 4) is 0 Å². The molecule has 0 aromatic rings. The molecule has 0 N–H and O–H groups in total. The fourth-order valence-electron chi connectivity index (χ4n) is 5.58. The van der Waals surface area contributed by atoms with Crippen molar-refractivity contribution in [3.63, 3.8) is 0 Å². The van der Waals surface area contributed by atoms with Gasteiger partial charge in [0.25, 0.3) is 0 Å². The van der Waals surface area contributed by atoms with E-state index in [1.165, 1.54) is 32.1 Å². The molecule has 4 unspecified atom stereocenters. The van der Waals surface area contributed by atoms with E-state index < -0.39 is 0 Å². The third-order valence-electron chi connectivity index (χ3n) is 6.53. The highest BCUT2D eigenvalue weighted by molar-refractivity contribution is 5.75. The number of carbonyl (C=O) groups excluding carboxylic acids is 1. The Hall–Kier alpha value is -0.330. The molecule has 0 spiro atoms. The van der Waals surface area contributed by atoms with E-state index in [0.717, 1.165) is 30.6 Å². The van der Waals surface area contributed by atoms with E-state index in [1.54, 1.807) is 6.92 Å². The first-order valence-corrected chi connectivity index (χ1v) is 8.27. The lowest BCUT2D eigenvalue weighted by Crippen LogP contribution is -2.51. The maximum Gasteiger partial charge on any atom is 0.129 e. The van der Waals surface area contributed by atoms with Crippen LogP contribution in [0.25, 0.3) is 0 Å². The van der Waals surface area contributed by atoms with Crippen LogP contribution in [0.3, 0.4) is 0 Å². The molecule has 0 aliphatic heterocycles. The molecule has 0 saturated heterocycles. The van der Waals surface area contributed by atoms with Crippen molar-refractivity contribution in [2.24, 2.45) is 28.6 Å². The fourth-order valence-corrected chi connectivity index (χ4v) is 5.58. The van der Waals surface area contributed by atoms with Crippen LogP contribution in [0.4, 0.5) is 0 Å². The van der Waals surface area contributed by atoms with Crippen LogP contribution < -0.4 is 0 Å². The molecule has 0 aromatic carbocycles. The molecule has 2 fully saturated rings. The average Bonchev–Trinajstić information content (AvgIpc) is 2.26. The molecular weight excluding hydrogens is 232 g/mol. The van der Waals surface area contributed by atoms with E-state index in [0.29, 0.717) is 16.6 Å². The Kier molecular flexibility index (Phi) is 4.14. The second kappa shape index (κ2) is 5.22. The van der Waals surface area contributed by atoms with Gasteiger partial charge < -0.3 is 4.79 Å². The molecule has 1 nitrogen and oxygen atoms in total. The summed E-state index contributed by atoms with van der Waals surface area (Å²) in [5.41, 5.74) is 0.983. The van der Waals surface area contributed by atoms with Gasteiger partial charge in [-0.2, -0.15) is 0 Å². The van der Waals surface area contributed by atoms with Crippen molar-refractivity contribution in [3.05, 3.63) is 0 Å². The number of ketones is 1. The van der Waals surface area contributed by atoms with E-state index in [-0.39, 0.29) is 0 Å². The summed E-state index contributed by atoms with van der Waals surface area (Å²) in [6.07, 6.45) is 8.84. The molecule has 0 amide bonds. The third-order valence-corrected chi connectivity index (χ3v) is 6.53. The maximum atomic E-state index is 11.4. The van der Waals surface area contributed by atoms with Gasteiger partial charge in [0.2, 0.25) is 0 Å². The normalized spacial score (nSPS) is 41.6. The van der Waals surface area contributed by atoms with E-state index in [4.69, 9.17) is 0 Å². The molecule has 2 rings (SSSR count). The first kappa shape index (κ1) is 15.1. The van der Waals surface area contributed by atoms with Crippen molar-refractivity contribution in [2.45, 2.75) is 79.6 Å². The van der Waals surface area contributed by atoms with Crippen molar-refractivity contribution in [1.29, 1.82) is 0 Å². The van der Waals surface area contributed by atoms with Gasteiger partial charge in [-0.05, 0) is 61.2 Å². The molecule has 4 atom stereocenters. The highest BCUT2D eigenvalue weighted by Gasteiger charge is 2.53. The number of hydrogen-bond acceptors (Lipinski definition) is 1. The SMILES string of the molecule is CC(=O)CCC1C(C)CCC2C(C)(C)CCCC12C. The van der Waals surface area contributed by atoms with Gasteiger partial charge in [-0.3, -0.25) is 0 Å². The summed E-state index contributed by atoms with van der Waals surface area (Å²) in [6, 6.07) is 0. The van der Waals surface area contributed by atoms with Gasteiger partial charge >= 0.3 is 0 Å². The Labute approximate surface area is 119 Å². The zero-order chi connectivity index (χ0) is 14.3. The summed E-state index contributed by atoms with van der Waals surface area (Å²) in [4.78, 5) is 11.4. The van der Waals surface area contributed by atoms with Crippen LogP contribution in [-0.4, -0.2) is 5.78 Å². The number of hydrogen-bond donors (Lipinski definition) is 0. The van der Waals surface area contributed by atoms with Crippen LogP contribution in [0.1, 0.15) is 79.6 Å². The van der Waals surface area contributed by atoms with E-state index in [2.05, 4.69) is 27.7 Å². The average molecular weight is 264 g/mol. The summed E-state index contributed by atoms with van der Waals surface area (Å²) in [5, 5.41) is 0. The standard InChI is InChI=1S/C18H32O/c1-13-7-10-16-17(3,4)11-6-12-18(16,5)15(13)9-8-14(2)19/h13,15-16H,6-12H2,1-5H3. The summed E-state index contributed by atoms with van der Waals surface area (Å²) >= 11 is 0. The highest BCUT2D eigenvalue weighted by Crippen LogP contribution is 2.61. The summed E-state index contributed by atoms with van der Waals surface area (Å²) in [6.45, 7) is 11.7. The Morgan fingerprint density at radius 3 is 2.47 bits per heavy atom. The minimum absolute atomic E-state index is 0.369. The minimum Gasteiger partial charge on any atom is -0.300 e. The fraction of sp³-hybridized carbons (Fsp3) is 0.944. The van der Waals surface area contributed by atoms with Crippen LogP contribution in [-0.2, 0) is 4.79 Å². The van der Waals surface area contributed by atoms with Crippen LogP contribution >= 0.6 is 0 Å². The lowest BCUT2D eigenvalue weighted by Gasteiger charge is -2.59. The summed E-state index contributed by atoms with van der Waals surface area (Å²) in [5.74, 6) is 2.79. The first-order chi connectivity index (χ1) is 8.77. The molecule has 2 aliphatic rings. The topological polar surface area (TPSA) is 17.1 Å². The van der Waals surface area contributed by atoms with E-state index in [1.807, 2.05) is 0 Å². The number of Topliss-reactive ketones (excluding diaryl/α,β-unsaturated/α-hetero) is 1. The van der Waals surface area contributed by atoms with Crippen molar-refractivity contribution in [1.82, 2.24) is 0 Å². The van der Waals surface area contributed by atoms with Crippen LogP contribution in [0.2, 0.25) is 0 Å². The highest BCUT2D eigenvalue weighted by atomic mass is 16.1. The molecule has 19 heavy (non-hydrogen) atoms. The van der Waals surface area contributed by atoms with Crippen molar-refractivity contribution >= 4 is 5.78 Å². The van der Waals surface area contributed by atoms with Gasteiger partial charge in [-0.1, -0.05) is 40.5 Å².